The molecule has 2 heteroatoms. The summed E-state index contributed by atoms with van der Waals surface area (Å²) in [5, 5.41) is 4.88. The van der Waals surface area contributed by atoms with E-state index in [0.717, 1.165) is 6.54 Å². The van der Waals surface area contributed by atoms with Gasteiger partial charge < -0.3 is 10.3 Å². The fourth-order valence-corrected chi connectivity index (χ4v) is 2.26. The minimum atomic E-state index is 0.641. The third-order valence-corrected chi connectivity index (χ3v) is 3.22. The van der Waals surface area contributed by atoms with Gasteiger partial charge in [0.15, 0.2) is 0 Å². The Labute approximate surface area is 95.4 Å². The second-order valence-electron chi connectivity index (χ2n) is 4.42. The Morgan fingerprint density at radius 3 is 2.94 bits per heavy atom. The Morgan fingerprint density at radius 1 is 1.19 bits per heavy atom. The lowest BCUT2D eigenvalue weighted by Gasteiger charge is -2.11. The second-order valence-corrected chi connectivity index (χ2v) is 4.42. The van der Waals surface area contributed by atoms with Crippen molar-refractivity contribution in [2.75, 3.05) is 0 Å². The van der Waals surface area contributed by atoms with Crippen molar-refractivity contribution in [3.8, 4) is 0 Å². The van der Waals surface area contributed by atoms with E-state index in [2.05, 4.69) is 46.7 Å². The van der Waals surface area contributed by atoms with Crippen LogP contribution in [0.3, 0.4) is 0 Å². The molecule has 0 bridgehead atoms. The van der Waals surface area contributed by atoms with Gasteiger partial charge in [0, 0.05) is 24.3 Å². The van der Waals surface area contributed by atoms with Crippen LogP contribution in [0.2, 0.25) is 0 Å². The third-order valence-electron chi connectivity index (χ3n) is 3.22. The lowest BCUT2D eigenvalue weighted by molar-refractivity contribution is 0.539. The molecule has 82 valence electrons. The molecule has 1 aromatic heterocycles. The normalized spacial score (nSPS) is 16.2. The molecule has 0 atom stereocenters. The zero-order valence-electron chi connectivity index (χ0n) is 9.24. The number of hydrogen-bond donors (Lipinski definition) is 2. The Hall–Kier alpha value is -1.54. The lowest BCUT2D eigenvalue weighted by atomic mass is 10.1. The number of rotatable bonds is 3. The molecule has 0 spiro atoms. The largest absolute Gasteiger partial charge is 0.361 e. The Kier molecular flexibility index (Phi) is 2.50. The topological polar surface area (TPSA) is 27.8 Å². The SMILES string of the molecule is C1=CCC(NCc2ccc3[nH]ccc3c2)C1. The van der Waals surface area contributed by atoms with Crippen LogP contribution in [-0.2, 0) is 6.54 Å². The summed E-state index contributed by atoms with van der Waals surface area (Å²) in [5.74, 6) is 0. The number of nitrogens with one attached hydrogen (secondary N) is 2. The van der Waals surface area contributed by atoms with Gasteiger partial charge in [0.1, 0.15) is 0 Å². The Bertz CT molecular complexity index is 502. The van der Waals surface area contributed by atoms with E-state index in [4.69, 9.17) is 0 Å². The van der Waals surface area contributed by atoms with Crippen LogP contribution in [0.15, 0.2) is 42.6 Å². The molecular formula is C14H16N2. The van der Waals surface area contributed by atoms with E-state index in [-0.39, 0.29) is 0 Å². The zero-order valence-corrected chi connectivity index (χ0v) is 9.24. The van der Waals surface area contributed by atoms with E-state index in [9.17, 15) is 0 Å². The number of benzene rings is 1. The number of fused-ring (bicyclic) bond motifs is 1. The van der Waals surface area contributed by atoms with Gasteiger partial charge >= 0.3 is 0 Å². The van der Waals surface area contributed by atoms with Gasteiger partial charge in [0.25, 0.3) is 0 Å². The van der Waals surface area contributed by atoms with Crippen LogP contribution in [-0.4, -0.2) is 11.0 Å². The lowest BCUT2D eigenvalue weighted by Crippen LogP contribution is -2.25. The van der Waals surface area contributed by atoms with Crippen LogP contribution in [0, 0.1) is 0 Å². The molecule has 16 heavy (non-hydrogen) atoms. The molecule has 2 nitrogen and oxygen atoms in total. The van der Waals surface area contributed by atoms with Crippen molar-refractivity contribution >= 4 is 10.9 Å². The van der Waals surface area contributed by atoms with Crippen LogP contribution >= 0.6 is 0 Å². The minimum Gasteiger partial charge on any atom is -0.361 e. The predicted molar refractivity (Wildman–Crippen MR) is 67.3 cm³/mol. The van der Waals surface area contributed by atoms with Gasteiger partial charge in [-0.1, -0.05) is 18.2 Å². The van der Waals surface area contributed by atoms with Gasteiger partial charge in [0.05, 0.1) is 0 Å². The molecule has 0 aliphatic heterocycles. The highest BCUT2D eigenvalue weighted by Crippen LogP contribution is 2.15. The summed E-state index contributed by atoms with van der Waals surface area (Å²) in [6.45, 7) is 0.966. The van der Waals surface area contributed by atoms with Crippen LogP contribution in [0.4, 0.5) is 0 Å². The van der Waals surface area contributed by atoms with E-state index in [0.29, 0.717) is 6.04 Å². The van der Waals surface area contributed by atoms with E-state index in [1.165, 1.54) is 29.3 Å². The van der Waals surface area contributed by atoms with Crippen molar-refractivity contribution in [2.45, 2.75) is 25.4 Å². The first-order valence-electron chi connectivity index (χ1n) is 5.86. The highest BCUT2D eigenvalue weighted by Gasteiger charge is 2.08. The smallest absolute Gasteiger partial charge is 0.0454 e. The maximum absolute atomic E-state index is 3.58. The monoisotopic (exact) mass is 212 g/mol. The standard InChI is InChI=1S/C14H16N2/c1-2-4-13(3-1)16-10-11-5-6-14-12(9-11)7-8-15-14/h1-2,5-9,13,15-16H,3-4,10H2. The van der Waals surface area contributed by atoms with Gasteiger partial charge in [-0.2, -0.15) is 0 Å². The Balaban J connectivity index is 1.69. The number of aromatic amines is 1. The zero-order chi connectivity index (χ0) is 10.8. The maximum atomic E-state index is 3.58. The maximum Gasteiger partial charge on any atom is 0.0454 e. The summed E-state index contributed by atoms with van der Waals surface area (Å²) in [7, 11) is 0. The van der Waals surface area contributed by atoms with Gasteiger partial charge in [-0.05, 0) is 42.0 Å². The van der Waals surface area contributed by atoms with Crippen LogP contribution < -0.4 is 5.32 Å². The van der Waals surface area contributed by atoms with Crippen molar-refractivity contribution in [3.63, 3.8) is 0 Å². The van der Waals surface area contributed by atoms with Crippen molar-refractivity contribution in [1.82, 2.24) is 10.3 Å². The fraction of sp³-hybridized carbons (Fsp3) is 0.286. The average molecular weight is 212 g/mol. The molecule has 1 aromatic carbocycles. The molecule has 0 saturated heterocycles. The first-order chi connectivity index (χ1) is 7.92. The van der Waals surface area contributed by atoms with Crippen LogP contribution in [0.1, 0.15) is 18.4 Å². The number of H-pyrrole nitrogens is 1. The van der Waals surface area contributed by atoms with E-state index in [1.54, 1.807) is 0 Å². The van der Waals surface area contributed by atoms with Gasteiger partial charge in [0.2, 0.25) is 0 Å². The van der Waals surface area contributed by atoms with Gasteiger partial charge in [-0.25, -0.2) is 0 Å². The summed E-state index contributed by atoms with van der Waals surface area (Å²) in [6, 6.07) is 9.35. The van der Waals surface area contributed by atoms with Gasteiger partial charge in [-0.3, -0.25) is 0 Å². The molecule has 0 radical (unpaired) electrons. The first kappa shape index (κ1) is 9.67. The molecule has 1 aliphatic rings. The minimum absolute atomic E-state index is 0.641. The van der Waals surface area contributed by atoms with Crippen LogP contribution in [0.5, 0.6) is 0 Å². The molecular weight excluding hydrogens is 196 g/mol. The average Bonchev–Trinajstić information content (AvgIpc) is 2.97. The number of aromatic nitrogens is 1. The molecule has 1 aliphatic carbocycles. The highest BCUT2D eigenvalue weighted by atomic mass is 14.9. The molecule has 3 rings (SSSR count). The summed E-state index contributed by atoms with van der Waals surface area (Å²) in [4.78, 5) is 3.21. The second kappa shape index (κ2) is 4.14. The molecule has 0 saturated carbocycles. The van der Waals surface area contributed by atoms with Crippen molar-refractivity contribution in [1.29, 1.82) is 0 Å². The summed E-state index contributed by atoms with van der Waals surface area (Å²) in [6.07, 6.45) is 8.85. The highest BCUT2D eigenvalue weighted by molar-refractivity contribution is 5.79. The summed E-state index contributed by atoms with van der Waals surface area (Å²) < 4.78 is 0. The number of hydrogen-bond acceptors (Lipinski definition) is 1. The Morgan fingerprint density at radius 2 is 2.06 bits per heavy atom. The predicted octanol–water partition coefficient (Wildman–Crippen LogP) is 2.98. The van der Waals surface area contributed by atoms with E-state index in [1.807, 2.05) is 6.20 Å². The molecule has 0 amide bonds. The van der Waals surface area contributed by atoms with Gasteiger partial charge in [-0.15, -0.1) is 0 Å². The third kappa shape index (κ3) is 1.89. The van der Waals surface area contributed by atoms with Crippen molar-refractivity contribution < 1.29 is 0 Å². The van der Waals surface area contributed by atoms with E-state index >= 15 is 0 Å². The molecule has 2 N–H and O–H groups in total. The molecule has 2 aromatic rings. The molecule has 1 heterocycles. The van der Waals surface area contributed by atoms with E-state index < -0.39 is 0 Å². The molecule has 0 unspecified atom stereocenters. The fourth-order valence-electron chi connectivity index (χ4n) is 2.26. The summed E-state index contributed by atoms with van der Waals surface area (Å²) >= 11 is 0. The first-order valence-corrected chi connectivity index (χ1v) is 5.86. The quantitative estimate of drug-likeness (QED) is 0.752. The van der Waals surface area contributed by atoms with Crippen molar-refractivity contribution in [3.05, 3.63) is 48.2 Å². The molecule has 0 fully saturated rings. The van der Waals surface area contributed by atoms with Crippen molar-refractivity contribution in [2.24, 2.45) is 0 Å². The summed E-state index contributed by atoms with van der Waals surface area (Å²) in [5.41, 5.74) is 2.57. The van der Waals surface area contributed by atoms with Crippen LogP contribution in [0.25, 0.3) is 10.9 Å².